The standard InChI is InChI=1S/C64H52N4/c1-63(2,3)67-59-33-31-53(51-29-19-41-13-7-9-15-47(41)35-51)39-57(59)65-61(67)45-25-21-43(22-26-45)55-37-49-17-11-12-18-50(49)38-56(55)44-23-27-46(28-24-44)62-66-58-40-54(32-34-60(58)68(62)64(4,5)6)52-30-20-42-14-8-10-16-48(42)36-52/h7-40H,1-6H3. The van der Waals surface area contributed by atoms with Gasteiger partial charge in [0.15, 0.2) is 0 Å². The summed E-state index contributed by atoms with van der Waals surface area (Å²) in [5, 5.41) is 7.40. The molecule has 0 saturated heterocycles. The normalized spacial score (nSPS) is 12.3. The summed E-state index contributed by atoms with van der Waals surface area (Å²) in [5.74, 6) is 1.94. The first-order valence-corrected chi connectivity index (χ1v) is 23.7. The fraction of sp³-hybridized carbons (Fsp3) is 0.125. The molecular weight excluding hydrogens is 825 g/mol. The van der Waals surface area contributed by atoms with E-state index in [9.17, 15) is 0 Å². The number of hydrogen-bond acceptors (Lipinski definition) is 2. The van der Waals surface area contributed by atoms with E-state index >= 15 is 0 Å². The zero-order valence-corrected chi connectivity index (χ0v) is 39.4. The van der Waals surface area contributed by atoms with Crippen molar-refractivity contribution in [1.82, 2.24) is 19.1 Å². The average Bonchev–Trinajstić information content (AvgIpc) is 3.96. The summed E-state index contributed by atoms with van der Waals surface area (Å²) in [6.45, 7) is 13.6. The van der Waals surface area contributed by atoms with Gasteiger partial charge in [-0.2, -0.15) is 0 Å². The zero-order valence-electron chi connectivity index (χ0n) is 39.4. The summed E-state index contributed by atoms with van der Waals surface area (Å²) in [6, 6.07) is 75.3. The fourth-order valence-corrected chi connectivity index (χ4v) is 10.3. The first kappa shape index (κ1) is 41.4. The molecule has 12 rings (SSSR count). The Bertz CT molecular complexity index is 3650. The number of rotatable bonds is 6. The number of aromatic nitrogens is 4. The molecule has 68 heavy (non-hydrogen) atoms. The lowest BCUT2D eigenvalue weighted by Gasteiger charge is -2.25. The van der Waals surface area contributed by atoms with Crippen LogP contribution in [-0.2, 0) is 11.1 Å². The maximum Gasteiger partial charge on any atom is 0.141 e. The van der Waals surface area contributed by atoms with Crippen LogP contribution in [0.2, 0.25) is 0 Å². The summed E-state index contributed by atoms with van der Waals surface area (Å²) in [5.41, 5.74) is 15.5. The van der Waals surface area contributed by atoms with Gasteiger partial charge in [0, 0.05) is 22.2 Å². The van der Waals surface area contributed by atoms with Gasteiger partial charge in [-0.25, -0.2) is 9.97 Å². The van der Waals surface area contributed by atoms with Crippen LogP contribution < -0.4 is 0 Å². The molecule has 4 heteroatoms. The molecule has 2 heterocycles. The Balaban J connectivity index is 0.908. The van der Waals surface area contributed by atoms with Crippen LogP contribution in [0.4, 0.5) is 0 Å². The summed E-state index contributed by atoms with van der Waals surface area (Å²) in [6.07, 6.45) is 0. The lowest BCUT2D eigenvalue weighted by molar-refractivity contribution is 0.412. The summed E-state index contributed by atoms with van der Waals surface area (Å²) in [4.78, 5) is 10.7. The van der Waals surface area contributed by atoms with Gasteiger partial charge in [-0.15, -0.1) is 0 Å². The van der Waals surface area contributed by atoms with Crippen molar-refractivity contribution in [2.24, 2.45) is 0 Å². The van der Waals surface area contributed by atoms with Crippen molar-refractivity contribution in [2.75, 3.05) is 0 Å². The Kier molecular flexibility index (Phi) is 9.60. The highest BCUT2D eigenvalue weighted by atomic mass is 15.1. The minimum Gasteiger partial charge on any atom is -0.319 e. The van der Waals surface area contributed by atoms with Crippen molar-refractivity contribution in [3.8, 4) is 67.3 Å². The molecular formula is C64H52N4. The molecule has 328 valence electrons. The van der Waals surface area contributed by atoms with Gasteiger partial charge < -0.3 is 9.13 Å². The quantitative estimate of drug-likeness (QED) is 0.167. The van der Waals surface area contributed by atoms with Crippen LogP contribution in [0.25, 0.3) is 122 Å². The fourth-order valence-electron chi connectivity index (χ4n) is 10.3. The highest BCUT2D eigenvalue weighted by Gasteiger charge is 2.25. The van der Waals surface area contributed by atoms with E-state index in [2.05, 4.69) is 257 Å². The minimum atomic E-state index is -0.192. The van der Waals surface area contributed by atoms with E-state index in [-0.39, 0.29) is 11.1 Å². The average molecular weight is 877 g/mol. The molecule has 0 N–H and O–H groups in total. The molecule has 0 atom stereocenters. The molecule has 0 aliphatic heterocycles. The van der Waals surface area contributed by atoms with Crippen LogP contribution in [0.15, 0.2) is 206 Å². The van der Waals surface area contributed by atoms with Crippen molar-refractivity contribution in [1.29, 1.82) is 0 Å². The molecule has 0 spiro atoms. The van der Waals surface area contributed by atoms with E-state index < -0.39 is 0 Å². The lowest BCUT2D eigenvalue weighted by atomic mass is 9.90. The highest BCUT2D eigenvalue weighted by Crippen LogP contribution is 2.41. The van der Waals surface area contributed by atoms with Crippen LogP contribution >= 0.6 is 0 Å². The lowest BCUT2D eigenvalue weighted by Crippen LogP contribution is -2.22. The van der Waals surface area contributed by atoms with E-state index in [4.69, 9.17) is 9.97 Å². The molecule has 0 unspecified atom stereocenters. The van der Waals surface area contributed by atoms with E-state index in [0.717, 1.165) is 56.0 Å². The van der Waals surface area contributed by atoms with Crippen molar-refractivity contribution >= 4 is 54.4 Å². The number of hydrogen-bond donors (Lipinski definition) is 0. The van der Waals surface area contributed by atoms with Crippen molar-refractivity contribution in [3.05, 3.63) is 206 Å². The van der Waals surface area contributed by atoms with Crippen LogP contribution in [-0.4, -0.2) is 19.1 Å². The molecule has 0 saturated carbocycles. The molecule has 0 aliphatic rings. The maximum absolute atomic E-state index is 5.36. The maximum atomic E-state index is 5.36. The number of nitrogens with zero attached hydrogens (tertiary/aromatic N) is 4. The first-order chi connectivity index (χ1) is 32.9. The van der Waals surface area contributed by atoms with Crippen LogP contribution in [0, 0.1) is 0 Å². The van der Waals surface area contributed by atoms with Crippen LogP contribution in [0.3, 0.4) is 0 Å². The first-order valence-electron chi connectivity index (χ1n) is 23.7. The molecule has 0 amide bonds. The number of fused-ring (bicyclic) bond motifs is 5. The second-order valence-corrected chi connectivity index (χ2v) is 20.3. The summed E-state index contributed by atoms with van der Waals surface area (Å²) >= 11 is 0. The summed E-state index contributed by atoms with van der Waals surface area (Å²) < 4.78 is 4.78. The van der Waals surface area contributed by atoms with Gasteiger partial charge in [0.25, 0.3) is 0 Å². The summed E-state index contributed by atoms with van der Waals surface area (Å²) in [7, 11) is 0. The Labute approximate surface area is 397 Å². The van der Waals surface area contributed by atoms with E-state index in [1.165, 1.54) is 65.7 Å². The predicted octanol–water partition coefficient (Wildman–Crippen LogP) is 17.4. The molecule has 0 radical (unpaired) electrons. The molecule has 0 aliphatic carbocycles. The van der Waals surface area contributed by atoms with Crippen molar-refractivity contribution in [3.63, 3.8) is 0 Å². The predicted molar refractivity (Wildman–Crippen MR) is 288 cm³/mol. The van der Waals surface area contributed by atoms with Gasteiger partial charge in [-0.05, 0) is 167 Å². The smallest absolute Gasteiger partial charge is 0.141 e. The third-order valence-electron chi connectivity index (χ3n) is 13.6. The molecule has 0 fully saturated rings. The highest BCUT2D eigenvalue weighted by molar-refractivity contribution is 5.98. The van der Waals surface area contributed by atoms with E-state index in [1.54, 1.807) is 0 Å². The van der Waals surface area contributed by atoms with Gasteiger partial charge >= 0.3 is 0 Å². The molecule has 2 aromatic heterocycles. The Morgan fingerprint density at radius 1 is 0.279 bits per heavy atom. The SMILES string of the molecule is CC(C)(C)n1c(-c2ccc(-c3cc4ccccc4cc3-c3ccc(-c4nc5cc(-c6ccc7ccccc7c6)ccc5n4C(C)(C)C)cc3)cc2)nc2cc(-c3ccc4ccccc4c3)ccc21. The third-order valence-corrected chi connectivity index (χ3v) is 13.6. The number of benzene rings is 10. The molecule has 12 aromatic rings. The molecule has 0 bridgehead atoms. The van der Waals surface area contributed by atoms with E-state index in [1.807, 2.05) is 0 Å². The van der Waals surface area contributed by atoms with Gasteiger partial charge in [-0.1, -0.05) is 158 Å². The van der Waals surface area contributed by atoms with Crippen LogP contribution in [0.1, 0.15) is 41.5 Å². The number of imidazole rings is 2. The Hall–Kier alpha value is -8.08. The van der Waals surface area contributed by atoms with Gasteiger partial charge in [-0.3, -0.25) is 0 Å². The van der Waals surface area contributed by atoms with E-state index in [0.29, 0.717) is 0 Å². The third kappa shape index (κ3) is 7.25. The van der Waals surface area contributed by atoms with Crippen molar-refractivity contribution in [2.45, 2.75) is 52.6 Å². The van der Waals surface area contributed by atoms with Crippen molar-refractivity contribution < 1.29 is 0 Å². The second-order valence-electron chi connectivity index (χ2n) is 20.3. The largest absolute Gasteiger partial charge is 0.319 e. The van der Waals surface area contributed by atoms with Crippen LogP contribution in [0.5, 0.6) is 0 Å². The zero-order chi connectivity index (χ0) is 46.3. The minimum absolute atomic E-state index is 0.192. The Morgan fingerprint density at radius 3 is 0.941 bits per heavy atom. The Morgan fingerprint density at radius 2 is 0.574 bits per heavy atom. The topological polar surface area (TPSA) is 35.6 Å². The molecule has 4 nitrogen and oxygen atoms in total. The van der Waals surface area contributed by atoms with Gasteiger partial charge in [0.1, 0.15) is 11.6 Å². The molecule has 10 aromatic carbocycles. The second kappa shape index (κ2) is 15.8. The monoisotopic (exact) mass is 876 g/mol. The van der Waals surface area contributed by atoms with Gasteiger partial charge in [0.2, 0.25) is 0 Å². The van der Waals surface area contributed by atoms with Gasteiger partial charge in [0.05, 0.1) is 22.1 Å².